The molecule has 2 aromatic rings. The zero-order valence-corrected chi connectivity index (χ0v) is 10.7. The molecule has 0 spiro atoms. The second kappa shape index (κ2) is 5.01. The summed E-state index contributed by atoms with van der Waals surface area (Å²) in [6.07, 6.45) is 4.53. The molecule has 0 unspecified atom stereocenters. The Hall–Kier alpha value is -1.88. The first-order valence-corrected chi connectivity index (χ1v) is 6.64. The van der Waals surface area contributed by atoms with Gasteiger partial charge in [-0.25, -0.2) is 4.98 Å². The zero-order chi connectivity index (χ0) is 13.2. The SMILES string of the molecule is O=c1cc(CC2CCNCC2)nc2ccc(O)cn12. The number of pyridine rings is 1. The lowest BCUT2D eigenvalue weighted by Crippen LogP contribution is -2.29. The summed E-state index contributed by atoms with van der Waals surface area (Å²) in [6, 6.07) is 4.80. The minimum atomic E-state index is -0.134. The van der Waals surface area contributed by atoms with Gasteiger partial charge in [0.2, 0.25) is 0 Å². The van der Waals surface area contributed by atoms with E-state index in [0.29, 0.717) is 11.6 Å². The Bertz CT molecular complexity index is 645. The van der Waals surface area contributed by atoms with E-state index in [-0.39, 0.29) is 11.3 Å². The van der Waals surface area contributed by atoms with Gasteiger partial charge in [0, 0.05) is 11.8 Å². The topological polar surface area (TPSA) is 66.6 Å². The van der Waals surface area contributed by atoms with Crippen LogP contribution in [0.2, 0.25) is 0 Å². The first kappa shape index (κ1) is 12.2. The zero-order valence-electron chi connectivity index (χ0n) is 10.7. The average Bonchev–Trinajstić information content (AvgIpc) is 2.41. The number of hydrogen-bond acceptors (Lipinski definition) is 4. The molecule has 5 heteroatoms. The normalized spacial score (nSPS) is 16.8. The van der Waals surface area contributed by atoms with Crippen LogP contribution in [0, 0.1) is 5.92 Å². The number of aromatic hydroxyl groups is 1. The van der Waals surface area contributed by atoms with E-state index in [1.807, 2.05) is 0 Å². The summed E-state index contributed by atoms with van der Waals surface area (Å²) in [4.78, 5) is 16.5. The molecule has 1 aliphatic heterocycles. The van der Waals surface area contributed by atoms with Crippen molar-refractivity contribution in [3.05, 3.63) is 40.4 Å². The predicted octanol–water partition coefficient (Wildman–Crippen LogP) is 0.942. The smallest absolute Gasteiger partial charge is 0.258 e. The van der Waals surface area contributed by atoms with Crippen molar-refractivity contribution < 1.29 is 5.11 Å². The molecule has 3 rings (SSSR count). The molecule has 1 saturated heterocycles. The molecule has 1 aliphatic rings. The van der Waals surface area contributed by atoms with Crippen molar-refractivity contribution in [1.82, 2.24) is 14.7 Å². The highest BCUT2D eigenvalue weighted by Crippen LogP contribution is 2.17. The number of rotatable bonds is 2. The first-order valence-electron chi connectivity index (χ1n) is 6.64. The largest absolute Gasteiger partial charge is 0.506 e. The van der Waals surface area contributed by atoms with Crippen LogP contribution in [0.25, 0.3) is 5.65 Å². The maximum absolute atomic E-state index is 12.0. The van der Waals surface area contributed by atoms with Crippen LogP contribution in [0.5, 0.6) is 5.75 Å². The van der Waals surface area contributed by atoms with E-state index in [2.05, 4.69) is 10.3 Å². The summed E-state index contributed by atoms with van der Waals surface area (Å²) >= 11 is 0. The number of fused-ring (bicyclic) bond motifs is 1. The molecule has 100 valence electrons. The third-order valence-electron chi connectivity index (χ3n) is 3.65. The highest BCUT2D eigenvalue weighted by molar-refractivity contribution is 5.41. The molecular weight excluding hydrogens is 242 g/mol. The van der Waals surface area contributed by atoms with Gasteiger partial charge in [-0.1, -0.05) is 0 Å². The minimum Gasteiger partial charge on any atom is -0.506 e. The fourth-order valence-corrected chi connectivity index (χ4v) is 2.63. The Morgan fingerprint density at radius 1 is 1.37 bits per heavy atom. The van der Waals surface area contributed by atoms with Crippen LogP contribution >= 0.6 is 0 Å². The fraction of sp³-hybridized carbons (Fsp3) is 0.429. The molecule has 0 bridgehead atoms. The quantitative estimate of drug-likeness (QED) is 0.842. The van der Waals surface area contributed by atoms with E-state index < -0.39 is 0 Å². The number of hydrogen-bond donors (Lipinski definition) is 2. The van der Waals surface area contributed by atoms with Crippen LogP contribution in [0.1, 0.15) is 18.5 Å². The van der Waals surface area contributed by atoms with Gasteiger partial charge in [-0.2, -0.15) is 0 Å². The van der Waals surface area contributed by atoms with Crippen LogP contribution in [0.3, 0.4) is 0 Å². The van der Waals surface area contributed by atoms with Gasteiger partial charge in [-0.3, -0.25) is 9.20 Å². The van der Waals surface area contributed by atoms with Crippen LogP contribution in [-0.2, 0) is 6.42 Å². The van der Waals surface area contributed by atoms with E-state index in [1.165, 1.54) is 10.6 Å². The lowest BCUT2D eigenvalue weighted by Gasteiger charge is -2.22. The molecule has 19 heavy (non-hydrogen) atoms. The summed E-state index contributed by atoms with van der Waals surface area (Å²) in [5, 5.41) is 12.7. The van der Waals surface area contributed by atoms with Gasteiger partial charge < -0.3 is 10.4 Å². The Morgan fingerprint density at radius 3 is 2.95 bits per heavy atom. The Morgan fingerprint density at radius 2 is 2.16 bits per heavy atom. The molecule has 0 amide bonds. The standard InChI is InChI=1S/C14H17N3O2/c18-12-1-2-13-16-11(8-14(19)17(13)9-12)7-10-3-5-15-6-4-10/h1-2,8-10,15,18H,3-7H2. The first-order chi connectivity index (χ1) is 9.22. The molecule has 1 fully saturated rings. The molecule has 0 radical (unpaired) electrons. The van der Waals surface area contributed by atoms with Gasteiger partial charge in [0.15, 0.2) is 0 Å². The Kier molecular flexibility index (Phi) is 3.21. The van der Waals surface area contributed by atoms with Crippen molar-refractivity contribution in [2.75, 3.05) is 13.1 Å². The van der Waals surface area contributed by atoms with Crippen LogP contribution in [-0.4, -0.2) is 27.6 Å². The average molecular weight is 259 g/mol. The third kappa shape index (κ3) is 2.61. The summed E-state index contributed by atoms with van der Waals surface area (Å²) in [5.41, 5.74) is 1.31. The fourth-order valence-electron chi connectivity index (χ4n) is 2.63. The van der Waals surface area contributed by atoms with E-state index in [9.17, 15) is 9.90 Å². The molecule has 3 heterocycles. The van der Waals surface area contributed by atoms with Gasteiger partial charge in [0.05, 0.1) is 6.20 Å². The molecule has 0 atom stereocenters. The number of nitrogens with one attached hydrogen (secondary N) is 1. The highest BCUT2D eigenvalue weighted by atomic mass is 16.3. The van der Waals surface area contributed by atoms with Gasteiger partial charge in [-0.05, 0) is 50.4 Å². The summed E-state index contributed by atoms with van der Waals surface area (Å²) in [7, 11) is 0. The molecule has 2 aromatic heterocycles. The van der Waals surface area contributed by atoms with Crippen LogP contribution in [0.4, 0.5) is 0 Å². The number of piperidine rings is 1. The minimum absolute atomic E-state index is 0.0718. The maximum atomic E-state index is 12.0. The van der Waals surface area contributed by atoms with E-state index in [1.54, 1.807) is 18.2 Å². The molecule has 0 aromatic carbocycles. The Balaban J connectivity index is 1.92. The number of nitrogens with zero attached hydrogens (tertiary/aromatic N) is 2. The molecule has 0 saturated carbocycles. The van der Waals surface area contributed by atoms with Crippen molar-refractivity contribution in [3.8, 4) is 5.75 Å². The van der Waals surface area contributed by atoms with E-state index in [4.69, 9.17) is 0 Å². The third-order valence-corrected chi connectivity index (χ3v) is 3.65. The lowest BCUT2D eigenvalue weighted by atomic mass is 9.93. The molecule has 2 N–H and O–H groups in total. The van der Waals surface area contributed by atoms with Gasteiger partial charge in [-0.15, -0.1) is 0 Å². The molecular formula is C14H17N3O2. The maximum Gasteiger partial charge on any atom is 0.258 e. The van der Waals surface area contributed by atoms with Gasteiger partial charge in [0.25, 0.3) is 5.56 Å². The second-order valence-electron chi connectivity index (χ2n) is 5.10. The predicted molar refractivity (Wildman–Crippen MR) is 72.4 cm³/mol. The van der Waals surface area contributed by atoms with E-state index >= 15 is 0 Å². The molecule has 5 nitrogen and oxygen atoms in total. The van der Waals surface area contributed by atoms with Crippen molar-refractivity contribution in [3.63, 3.8) is 0 Å². The molecule has 0 aliphatic carbocycles. The Labute approximate surface area is 110 Å². The van der Waals surface area contributed by atoms with Crippen molar-refractivity contribution in [2.24, 2.45) is 5.92 Å². The van der Waals surface area contributed by atoms with Gasteiger partial charge in [0.1, 0.15) is 11.4 Å². The van der Waals surface area contributed by atoms with Crippen molar-refractivity contribution >= 4 is 5.65 Å². The van der Waals surface area contributed by atoms with Crippen molar-refractivity contribution in [2.45, 2.75) is 19.3 Å². The number of aromatic nitrogens is 2. The van der Waals surface area contributed by atoms with Crippen LogP contribution in [0.15, 0.2) is 29.2 Å². The summed E-state index contributed by atoms with van der Waals surface area (Å²) < 4.78 is 1.38. The highest BCUT2D eigenvalue weighted by Gasteiger charge is 2.15. The van der Waals surface area contributed by atoms with Crippen LogP contribution < -0.4 is 10.9 Å². The summed E-state index contributed by atoms with van der Waals surface area (Å²) in [5.74, 6) is 0.676. The lowest BCUT2D eigenvalue weighted by molar-refractivity contribution is 0.370. The second-order valence-corrected chi connectivity index (χ2v) is 5.10. The van der Waals surface area contributed by atoms with E-state index in [0.717, 1.165) is 38.0 Å². The van der Waals surface area contributed by atoms with Gasteiger partial charge >= 0.3 is 0 Å². The summed E-state index contributed by atoms with van der Waals surface area (Å²) in [6.45, 7) is 2.09. The van der Waals surface area contributed by atoms with Crippen molar-refractivity contribution in [1.29, 1.82) is 0 Å². The monoisotopic (exact) mass is 259 g/mol.